The van der Waals surface area contributed by atoms with Crippen LogP contribution >= 0.6 is 0 Å². The molecular weight excluding hydrogens is 412 g/mol. The highest BCUT2D eigenvalue weighted by atomic mass is 32.2. The summed E-state index contributed by atoms with van der Waals surface area (Å²) >= 11 is 0. The van der Waals surface area contributed by atoms with Crippen molar-refractivity contribution in [2.45, 2.75) is 62.8 Å². The van der Waals surface area contributed by atoms with Crippen LogP contribution in [0.5, 0.6) is 5.75 Å². The highest BCUT2D eigenvalue weighted by Crippen LogP contribution is 2.33. The number of sulfonamides is 1. The monoisotopic (exact) mass is 444 g/mol. The topological polar surface area (TPSA) is 75.7 Å². The Morgan fingerprint density at radius 3 is 2.32 bits per heavy atom. The second-order valence-electron chi connectivity index (χ2n) is 8.11. The molecule has 1 fully saturated rings. The molecule has 0 unspecified atom stereocenters. The van der Waals surface area contributed by atoms with Gasteiger partial charge in [-0.25, -0.2) is 8.42 Å². The minimum atomic E-state index is -3.96. The maximum Gasteiger partial charge on any atom is 0.264 e. The van der Waals surface area contributed by atoms with E-state index in [4.69, 9.17) is 4.74 Å². The maximum atomic E-state index is 13.5. The number of benzene rings is 2. The summed E-state index contributed by atoms with van der Waals surface area (Å²) in [6.45, 7) is 1.58. The Hall–Kier alpha value is -2.54. The zero-order chi connectivity index (χ0) is 22.3. The normalized spacial score (nSPS) is 15.5. The van der Waals surface area contributed by atoms with Gasteiger partial charge in [0.1, 0.15) is 12.3 Å². The molecular formula is C24H32N2O4S. The largest absolute Gasteiger partial charge is 0.495 e. The van der Waals surface area contributed by atoms with Crippen LogP contribution in [0.1, 0.15) is 50.5 Å². The van der Waals surface area contributed by atoms with Gasteiger partial charge in [-0.15, -0.1) is 0 Å². The average Bonchev–Trinajstić information content (AvgIpc) is 2.74. The van der Waals surface area contributed by atoms with Gasteiger partial charge in [-0.1, -0.05) is 56.4 Å². The van der Waals surface area contributed by atoms with Crippen molar-refractivity contribution in [2.24, 2.45) is 0 Å². The van der Waals surface area contributed by atoms with E-state index in [1.165, 1.54) is 38.5 Å². The average molecular weight is 445 g/mol. The van der Waals surface area contributed by atoms with Crippen LogP contribution in [0.2, 0.25) is 0 Å². The van der Waals surface area contributed by atoms with Gasteiger partial charge in [0, 0.05) is 6.04 Å². The number of nitrogens with zero attached hydrogens (tertiary/aromatic N) is 1. The lowest BCUT2D eigenvalue weighted by atomic mass is 9.97. The number of hydrogen-bond acceptors (Lipinski definition) is 4. The van der Waals surface area contributed by atoms with Crippen LogP contribution in [0.25, 0.3) is 0 Å². The fraction of sp³-hybridized carbons (Fsp3) is 0.458. The summed E-state index contributed by atoms with van der Waals surface area (Å²) in [5.74, 6) is 0.109. The van der Waals surface area contributed by atoms with Crippen LogP contribution in [-0.2, 0) is 14.8 Å². The van der Waals surface area contributed by atoms with Crippen molar-refractivity contribution in [3.8, 4) is 5.75 Å². The molecule has 7 heteroatoms. The van der Waals surface area contributed by atoms with Gasteiger partial charge in [-0.2, -0.15) is 0 Å². The molecule has 0 spiro atoms. The third kappa shape index (κ3) is 6.00. The summed E-state index contributed by atoms with van der Waals surface area (Å²) < 4.78 is 33.7. The molecule has 1 aliphatic rings. The Labute approximate surface area is 185 Å². The third-order valence-electron chi connectivity index (χ3n) is 5.69. The van der Waals surface area contributed by atoms with Crippen molar-refractivity contribution in [1.29, 1.82) is 0 Å². The van der Waals surface area contributed by atoms with Crippen molar-refractivity contribution in [3.63, 3.8) is 0 Å². The molecule has 31 heavy (non-hydrogen) atoms. The molecule has 2 aromatic carbocycles. The maximum absolute atomic E-state index is 13.5. The first-order chi connectivity index (χ1) is 14.9. The van der Waals surface area contributed by atoms with Gasteiger partial charge in [-0.05, 0) is 49.6 Å². The lowest BCUT2D eigenvalue weighted by Crippen LogP contribution is -2.44. The molecule has 168 valence electrons. The summed E-state index contributed by atoms with van der Waals surface area (Å²) in [5, 5.41) is 3.08. The van der Waals surface area contributed by atoms with Crippen LogP contribution in [0, 0.1) is 6.92 Å². The Bertz CT molecular complexity index is 968. The number of nitrogens with one attached hydrogen (secondary N) is 1. The van der Waals surface area contributed by atoms with Gasteiger partial charge < -0.3 is 10.1 Å². The molecule has 0 saturated heterocycles. The van der Waals surface area contributed by atoms with E-state index in [1.807, 2.05) is 13.0 Å². The van der Waals surface area contributed by atoms with Crippen molar-refractivity contribution in [2.75, 3.05) is 18.0 Å². The molecule has 1 saturated carbocycles. The number of ether oxygens (including phenoxy) is 1. The van der Waals surface area contributed by atoms with Crippen LogP contribution in [-0.4, -0.2) is 34.0 Å². The van der Waals surface area contributed by atoms with Crippen molar-refractivity contribution in [3.05, 3.63) is 54.1 Å². The minimum absolute atomic E-state index is 0.0912. The molecule has 1 amide bonds. The highest BCUT2D eigenvalue weighted by Gasteiger charge is 2.30. The van der Waals surface area contributed by atoms with Gasteiger partial charge in [0.05, 0.1) is 17.7 Å². The summed E-state index contributed by atoms with van der Waals surface area (Å²) in [6, 6.07) is 13.6. The van der Waals surface area contributed by atoms with Crippen molar-refractivity contribution < 1.29 is 17.9 Å². The molecule has 3 rings (SSSR count). The molecule has 0 heterocycles. The summed E-state index contributed by atoms with van der Waals surface area (Å²) in [4.78, 5) is 13.1. The molecule has 0 aromatic heterocycles. The summed E-state index contributed by atoms with van der Waals surface area (Å²) in [6.07, 6.45) is 7.65. The molecule has 0 atom stereocenters. The van der Waals surface area contributed by atoms with Gasteiger partial charge in [0.25, 0.3) is 10.0 Å². The smallest absolute Gasteiger partial charge is 0.264 e. The Kier molecular flexibility index (Phi) is 7.96. The standard InChI is InChI=1S/C24H32N2O4S/c1-19-15-16-23(30-2)22(17-19)26(31(28,29)21-13-9-6-10-14-21)18-24(27)25-20-11-7-4-3-5-8-12-20/h6,9-10,13-17,20H,3-5,7-8,11-12,18H2,1-2H3,(H,25,27). The van der Waals surface area contributed by atoms with Gasteiger partial charge in [-0.3, -0.25) is 9.10 Å². The second-order valence-corrected chi connectivity index (χ2v) is 9.97. The molecule has 2 aromatic rings. The number of rotatable bonds is 7. The number of methoxy groups -OCH3 is 1. The number of amides is 1. The Morgan fingerprint density at radius 2 is 1.68 bits per heavy atom. The van der Waals surface area contributed by atoms with E-state index in [1.54, 1.807) is 30.3 Å². The fourth-order valence-corrected chi connectivity index (χ4v) is 5.46. The minimum Gasteiger partial charge on any atom is -0.495 e. The fourth-order valence-electron chi connectivity index (χ4n) is 4.02. The first kappa shape index (κ1) is 23.1. The zero-order valence-corrected chi connectivity index (χ0v) is 19.2. The van der Waals surface area contributed by atoms with E-state index in [0.29, 0.717) is 11.4 Å². The Balaban J connectivity index is 1.91. The van der Waals surface area contributed by atoms with E-state index in [0.717, 1.165) is 35.6 Å². The quantitative estimate of drug-likeness (QED) is 0.686. The number of anilines is 1. The lowest BCUT2D eigenvalue weighted by Gasteiger charge is -2.27. The number of hydrogen-bond donors (Lipinski definition) is 1. The molecule has 0 radical (unpaired) electrons. The SMILES string of the molecule is COc1ccc(C)cc1N(CC(=O)NC1CCCCCCC1)S(=O)(=O)c1ccccc1. The van der Waals surface area contributed by atoms with E-state index in [-0.39, 0.29) is 23.4 Å². The van der Waals surface area contributed by atoms with E-state index < -0.39 is 10.0 Å². The molecule has 0 aliphatic heterocycles. The summed E-state index contributed by atoms with van der Waals surface area (Å²) in [7, 11) is -2.46. The van der Waals surface area contributed by atoms with E-state index >= 15 is 0 Å². The molecule has 1 aliphatic carbocycles. The van der Waals surface area contributed by atoms with Gasteiger partial charge in [0.2, 0.25) is 5.91 Å². The van der Waals surface area contributed by atoms with Crippen LogP contribution in [0.4, 0.5) is 5.69 Å². The molecule has 1 N–H and O–H groups in total. The van der Waals surface area contributed by atoms with Crippen LogP contribution in [0.15, 0.2) is 53.4 Å². The number of aryl methyl sites for hydroxylation is 1. The first-order valence-corrected chi connectivity index (χ1v) is 12.4. The van der Waals surface area contributed by atoms with Crippen molar-refractivity contribution >= 4 is 21.6 Å². The lowest BCUT2D eigenvalue weighted by molar-refractivity contribution is -0.120. The summed E-state index contributed by atoms with van der Waals surface area (Å²) in [5.41, 5.74) is 1.24. The van der Waals surface area contributed by atoms with Crippen molar-refractivity contribution in [1.82, 2.24) is 5.32 Å². The van der Waals surface area contributed by atoms with Crippen LogP contribution < -0.4 is 14.4 Å². The highest BCUT2D eigenvalue weighted by molar-refractivity contribution is 7.92. The van der Waals surface area contributed by atoms with Crippen LogP contribution in [0.3, 0.4) is 0 Å². The number of carbonyl (C=O) groups excluding carboxylic acids is 1. The van der Waals surface area contributed by atoms with Gasteiger partial charge in [0.15, 0.2) is 0 Å². The first-order valence-electron chi connectivity index (χ1n) is 10.9. The van der Waals surface area contributed by atoms with E-state index in [2.05, 4.69) is 5.32 Å². The second kappa shape index (κ2) is 10.7. The predicted octanol–water partition coefficient (Wildman–Crippen LogP) is 4.43. The molecule has 0 bridgehead atoms. The Morgan fingerprint density at radius 1 is 1.03 bits per heavy atom. The molecule has 6 nitrogen and oxygen atoms in total. The third-order valence-corrected chi connectivity index (χ3v) is 7.47. The predicted molar refractivity (Wildman–Crippen MR) is 123 cm³/mol. The number of carbonyl (C=O) groups is 1. The zero-order valence-electron chi connectivity index (χ0n) is 18.3. The van der Waals surface area contributed by atoms with E-state index in [9.17, 15) is 13.2 Å². The van der Waals surface area contributed by atoms with Gasteiger partial charge >= 0.3 is 0 Å².